The number of amides is 3. The number of aryl methyl sites for hydroxylation is 3. The molecule has 0 heterocycles. The van der Waals surface area contributed by atoms with Crippen molar-refractivity contribution in [2.45, 2.75) is 65.6 Å². The number of anilines is 1. The van der Waals surface area contributed by atoms with Crippen molar-refractivity contribution in [1.29, 1.82) is 0 Å². The number of para-hydroxylation sites is 1. The molecule has 206 valence electrons. The van der Waals surface area contributed by atoms with Gasteiger partial charge in [-0.3, -0.25) is 9.59 Å². The van der Waals surface area contributed by atoms with Crippen LogP contribution in [0.1, 0.15) is 55.5 Å². The Labute approximate surface area is 231 Å². The van der Waals surface area contributed by atoms with Crippen LogP contribution < -0.4 is 10.6 Å². The maximum Gasteiger partial charge on any atom is 0.408 e. The number of carbonyl (C=O) groups excluding carboxylic acids is 3. The zero-order valence-corrected chi connectivity index (χ0v) is 24.4. The summed E-state index contributed by atoms with van der Waals surface area (Å²) in [5.41, 5.74) is 3.42. The van der Waals surface area contributed by atoms with E-state index in [1.165, 1.54) is 4.90 Å². The second-order valence-electron chi connectivity index (χ2n) is 10.3. The van der Waals surface area contributed by atoms with Crippen molar-refractivity contribution >= 4 is 35.4 Å². The Morgan fingerprint density at radius 1 is 1.03 bits per heavy atom. The van der Waals surface area contributed by atoms with Crippen LogP contribution in [0.4, 0.5) is 10.5 Å². The molecule has 0 aromatic heterocycles. The molecule has 0 radical (unpaired) electrons. The van der Waals surface area contributed by atoms with Crippen molar-refractivity contribution in [2.24, 2.45) is 0 Å². The van der Waals surface area contributed by atoms with E-state index in [-0.39, 0.29) is 18.4 Å². The molecule has 2 rings (SSSR count). The number of benzene rings is 2. The Hall–Kier alpha value is -3.26. The van der Waals surface area contributed by atoms with Crippen LogP contribution in [-0.4, -0.2) is 53.0 Å². The Kier molecular flexibility index (Phi) is 11.4. The second kappa shape index (κ2) is 14.0. The van der Waals surface area contributed by atoms with Crippen LogP contribution in [0.25, 0.3) is 0 Å². The van der Waals surface area contributed by atoms with Gasteiger partial charge in [0.25, 0.3) is 5.91 Å². The van der Waals surface area contributed by atoms with E-state index in [0.717, 1.165) is 16.7 Å². The first kappa shape index (κ1) is 31.0. The van der Waals surface area contributed by atoms with E-state index in [9.17, 15) is 14.4 Å². The second-order valence-corrected chi connectivity index (χ2v) is 11.3. The highest BCUT2D eigenvalue weighted by Gasteiger charge is 2.36. The summed E-state index contributed by atoms with van der Waals surface area (Å²) >= 11 is 1.57. The maximum absolute atomic E-state index is 14.1. The predicted molar refractivity (Wildman–Crippen MR) is 157 cm³/mol. The van der Waals surface area contributed by atoms with Crippen LogP contribution in [0.5, 0.6) is 0 Å². The molecule has 0 saturated carbocycles. The molecule has 3 amide bonds. The largest absolute Gasteiger partial charge is 0.444 e. The first-order valence-electron chi connectivity index (χ1n) is 12.7. The Bertz CT molecular complexity index is 1120. The summed E-state index contributed by atoms with van der Waals surface area (Å²) in [6, 6.07) is 11.5. The third-order valence-electron chi connectivity index (χ3n) is 5.98. The number of nitrogens with one attached hydrogen (secondary N) is 2. The third kappa shape index (κ3) is 8.65. The fraction of sp³-hybridized carbons (Fsp3) is 0.433. The Morgan fingerprint density at radius 2 is 1.63 bits per heavy atom. The van der Waals surface area contributed by atoms with Crippen molar-refractivity contribution in [1.82, 2.24) is 10.2 Å². The quantitative estimate of drug-likeness (QED) is 0.345. The van der Waals surface area contributed by atoms with Crippen molar-refractivity contribution in [3.63, 3.8) is 0 Å². The number of carbonyl (C=O) groups is 3. The van der Waals surface area contributed by atoms with Gasteiger partial charge in [0.05, 0.1) is 0 Å². The SMILES string of the molecule is C=CCN(C(=O)C(CCSC)NC(=O)OC(C)(C)C)C(C(=O)Nc1c(C)cccc1C)c1ccccc1C. The average Bonchev–Trinajstić information content (AvgIpc) is 2.83. The summed E-state index contributed by atoms with van der Waals surface area (Å²) < 4.78 is 5.43. The van der Waals surface area contributed by atoms with Gasteiger partial charge in [-0.05, 0) is 82.2 Å². The molecule has 8 heteroatoms. The van der Waals surface area contributed by atoms with E-state index in [0.29, 0.717) is 23.4 Å². The lowest BCUT2D eigenvalue weighted by atomic mass is 9.97. The van der Waals surface area contributed by atoms with Gasteiger partial charge < -0.3 is 20.3 Å². The number of hydrogen-bond acceptors (Lipinski definition) is 5. The lowest BCUT2D eigenvalue weighted by Gasteiger charge is -2.34. The Morgan fingerprint density at radius 3 is 2.18 bits per heavy atom. The summed E-state index contributed by atoms with van der Waals surface area (Å²) in [5.74, 6) is -0.0832. The van der Waals surface area contributed by atoms with Crippen LogP contribution in [0.3, 0.4) is 0 Å². The molecule has 0 fully saturated rings. The summed E-state index contributed by atoms with van der Waals surface area (Å²) in [4.78, 5) is 42.2. The molecule has 0 saturated heterocycles. The number of ether oxygens (including phenoxy) is 1. The lowest BCUT2D eigenvalue weighted by Crippen LogP contribution is -2.52. The van der Waals surface area contributed by atoms with Crippen molar-refractivity contribution in [3.8, 4) is 0 Å². The van der Waals surface area contributed by atoms with Gasteiger partial charge in [0.15, 0.2) is 0 Å². The first-order valence-corrected chi connectivity index (χ1v) is 14.1. The molecule has 0 spiro atoms. The number of rotatable bonds is 11. The normalized spacial score (nSPS) is 12.7. The van der Waals surface area contributed by atoms with E-state index < -0.39 is 23.8 Å². The predicted octanol–water partition coefficient (Wildman–Crippen LogP) is 5.95. The van der Waals surface area contributed by atoms with Crippen LogP contribution in [-0.2, 0) is 14.3 Å². The molecule has 2 aromatic rings. The van der Waals surface area contributed by atoms with Crippen molar-refractivity contribution < 1.29 is 19.1 Å². The minimum atomic E-state index is -0.946. The number of nitrogens with zero attached hydrogens (tertiary/aromatic N) is 1. The van der Waals surface area contributed by atoms with E-state index in [2.05, 4.69) is 17.2 Å². The minimum Gasteiger partial charge on any atom is -0.444 e. The fourth-order valence-electron chi connectivity index (χ4n) is 4.15. The number of alkyl carbamates (subject to hydrolysis) is 1. The molecule has 0 aliphatic carbocycles. The van der Waals surface area contributed by atoms with E-state index in [1.54, 1.807) is 38.6 Å². The molecule has 2 unspecified atom stereocenters. The van der Waals surface area contributed by atoms with Gasteiger partial charge in [-0.1, -0.05) is 48.5 Å². The molecular formula is C30H41N3O4S. The van der Waals surface area contributed by atoms with Crippen molar-refractivity contribution in [3.05, 3.63) is 77.4 Å². The van der Waals surface area contributed by atoms with Gasteiger partial charge >= 0.3 is 6.09 Å². The topological polar surface area (TPSA) is 87.7 Å². The summed E-state index contributed by atoms with van der Waals surface area (Å²) in [5, 5.41) is 5.81. The van der Waals surface area contributed by atoms with Gasteiger partial charge in [0.1, 0.15) is 17.7 Å². The third-order valence-corrected chi connectivity index (χ3v) is 6.62. The summed E-state index contributed by atoms with van der Waals surface area (Å²) in [6.07, 6.45) is 3.23. The molecule has 2 aromatic carbocycles. The highest BCUT2D eigenvalue weighted by Crippen LogP contribution is 2.29. The fourth-order valence-corrected chi connectivity index (χ4v) is 4.62. The van der Waals surface area contributed by atoms with E-state index in [1.807, 2.05) is 69.5 Å². The monoisotopic (exact) mass is 539 g/mol. The van der Waals surface area contributed by atoms with Crippen LogP contribution in [0.2, 0.25) is 0 Å². The van der Waals surface area contributed by atoms with Crippen LogP contribution in [0.15, 0.2) is 55.1 Å². The highest BCUT2D eigenvalue weighted by molar-refractivity contribution is 7.98. The first-order chi connectivity index (χ1) is 17.9. The van der Waals surface area contributed by atoms with Gasteiger partial charge in [-0.25, -0.2) is 4.79 Å². The van der Waals surface area contributed by atoms with Crippen LogP contribution in [0, 0.1) is 20.8 Å². The van der Waals surface area contributed by atoms with Gasteiger partial charge in [-0.15, -0.1) is 6.58 Å². The summed E-state index contributed by atoms with van der Waals surface area (Å²) in [7, 11) is 0. The average molecular weight is 540 g/mol. The lowest BCUT2D eigenvalue weighted by molar-refractivity contribution is -0.140. The van der Waals surface area contributed by atoms with E-state index in [4.69, 9.17) is 4.74 Å². The molecule has 0 bridgehead atoms. The molecule has 38 heavy (non-hydrogen) atoms. The smallest absolute Gasteiger partial charge is 0.408 e. The van der Waals surface area contributed by atoms with Crippen molar-refractivity contribution in [2.75, 3.05) is 23.9 Å². The van der Waals surface area contributed by atoms with Gasteiger partial charge in [0, 0.05) is 12.2 Å². The standard InChI is InChI=1S/C30H41N3O4S/c1-9-18-33(28(35)24(17-19-38-8)31-29(36)37-30(5,6)7)26(23-16-11-10-13-20(23)2)27(34)32-25-21(3)14-12-15-22(25)4/h9-16,24,26H,1,17-19H2,2-8H3,(H,31,36)(H,32,34). The van der Waals surface area contributed by atoms with Crippen LogP contribution >= 0.6 is 11.8 Å². The summed E-state index contributed by atoms with van der Waals surface area (Å²) in [6.45, 7) is 15.0. The minimum absolute atomic E-state index is 0.115. The molecular weight excluding hydrogens is 498 g/mol. The molecule has 2 N–H and O–H groups in total. The molecule has 2 atom stereocenters. The maximum atomic E-state index is 14.1. The zero-order valence-electron chi connectivity index (χ0n) is 23.6. The molecule has 0 aliphatic heterocycles. The number of thioether (sulfide) groups is 1. The van der Waals surface area contributed by atoms with E-state index >= 15 is 0 Å². The van der Waals surface area contributed by atoms with Gasteiger partial charge in [-0.2, -0.15) is 11.8 Å². The highest BCUT2D eigenvalue weighted by atomic mass is 32.2. The molecule has 7 nitrogen and oxygen atoms in total. The zero-order chi connectivity index (χ0) is 28.5. The Balaban J connectivity index is 2.54. The number of hydrogen-bond donors (Lipinski definition) is 2. The van der Waals surface area contributed by atoms with Gasteiger partial charge in [0.2, 0.25) is 5.91 Å². The molecule has 0 aliphatic rings.